The number of benzene rings is 2. The predicted octanol–water partition coefficient (Wildman–Crippen LogP) is 3.16. The number of ketones is 1. The average Bonchev–Trinajstić information content (AvgIpc) is 3.03. The third-order valence-corrected chi connectivity index (χ3v) is 5.06. The van der Waals surface area contributed by atoms with E-state index in [1.807, 2.05) is 6.07 Å². The van der Waals surface area contributed by atoms with E-state index in [4.69, 9.17) is 14.2 Å². The molecule has 1 amide bonds. The van der Waals surface area contributed by atoms with Gasteiger partial charge in [0.25, 0.3) is 11.7 Å². The molecule has 2 aromatic carbocycles. The van der Waals surface area contributed by atoms with Gasteiger partial charge in [-0.15, -0.1) is 0 Å². The summed E-state index contributed by atoms with van der Waals surface area (Å²) in [6.45, 7) is 0.753. The Morgan fingerprint density at radius 3 is 2.33 bits per heavy atom. The van der Waals surface area contributed by atoms with Gasteiger partial charge in [-0.1, -0.05) is 36.4 Å². The molecular formula is C23H25NO6. The lowest BCUT2D eigenvalue weighted by atomic mass is 9.95. The molecule has 1 saturated heterocycles. The number of aliphatic hydroxyl groups excluding tert-OH is 1. The smallest absolute Gasteiger partial charge is 0.295 e. The molecule has 1 N–H and O–H groups in total. The number of hydrogen-bond acceptors (Lipinski definition) is 6. The van der Waals surface area contributed by atoms with E-state index >= 15 is 0 Å². The zero-order valence-electron chi connectivity index (χ0n) is 17.3. The summed E-state index contributed by atoms with van der Waals surface area (Å²) < 4.78 is 15.8. The molecule has 1 fully saturated rings. The van der Waals surface area contributed by atoms with Crippen molar-refractivity contribution in [3.8, 4) is 11.5 Å². The van der Waals surface area contributed by atoms with Crippen molar-refractivity contribution >= 4 is 17.4 Å². The molecule has 1 atom stereocenters. The fourth-order valence-corrected chi connectivity index (χ4v) is 3.61. The van der Waals surface area contributed by atoms with Crippen LogP contribution in [0.4, 0.5) is 0 Å². The molecule has 7 heteroatoms. The average molecular weight is 411 g/mol. The van der Waals surface area contributed by atoms with Crippen LogP contribution < -0.4 is 9.47 Å². The molecule has 0 bridgehead atoms. The van der Waals surface area contributed by atoms with Gasteiger partial charge in [-0.05, 0) is 24.1 Å². The van der Waals surface area contributed by atoms with Crippen molar-refractivity contribution in [1.82, 2.24) is 4.90 Å². The molecule has 1 aliphatic heterocycles. The maximum Gasteiger partial charge on any atom is 0.295 e. The highest BCUT2D eigenvalue weighted by Gasteiger charge is 2.46. The second kappa shape index (κ2) is 9.45. The Labute approximate surface area is 175 Å². The Bertz CT molecular complexity index is 953. The number of methoxy groups -OCH3 is 3. The number of ether oxygens (including phenoxy) is 3. The van der Waals surface area contributed by atoms with E-state index < -0.39 is 17.7 Å². The minimum atomic E-state index is -0.748. The van der Waals surface area contributed by atoms with Crippen LogP contribution in [0.1, 0.15) is 23.6 Å². The SMILES string of the molecule is COCCCN1C(=O)C(=O)/C(=C(/O)c2ccccc2)C1c1ccc(OC)c(OC)c1. The molecule has 0 aliphatic carbocycles. The van der Waals surface area contributed by atoms with Crippen LogP contribution in [0.25, 0.3) is 5.76 Å². The molecule has 1 aliphatic rings. The van der Waals surface area contributed by atoms with Crippen LogP contribution in [0, 0.1) is 0 Å². The van der Waals surface area contributed by atoms with Gasteiger partial charge in [0, 0.05) is 25.8 Å². The normalized spacial score (nSPS) is 18.0. The van der Waals surface area contributed by atoms with Crippen molar-refractivity contribution in [3.63, 3.8) is 0 Å². The lowest BCUT2D eigenvalue weighted by Gasteiger charge is -2.26. The topological polar surface area (TPSA) is 85.3 Å². The summed E-state index contributed by atoms with van der Waals surface area (Å²) in [5, 5.41) is 11.0. The number of carbonyl (C=O) groups is 2. The summed E-state index contributed by atoms with van der Waals surface area (Å²) in [5.41, 5.74) is 1.16. The van der Waals surface area contributed by atoms with Gasteiger partial charge >= 0.3 is 0 Å². The summed E-state index contributed by atoms with van der Waals surface area (Å²) >= 11 is 0. The first-order chi connectivity index (χ1) is 14.5. The Kier molecular flexibility index (Phi) is 6.74. The van der Waals surface area contributed by atoms with Crippen LogP contribution in [0.3, 0.4) is 0 Å². The van der Waals surface area contributed by atoms with Crippen LogP contribution in [0.15, 0.2) is 54.1 Å². The molecule has 158 valence electrons. The van der Waals surface area contributed by atoms with Crippen molar-refractivity contribution in [2.75, 3.05) is 34.5 Å². The van der Waals surface area contributed by atoms with Gasteiger partial charge in [-0.25, -0.2) is 0 Å². The fourth-order valence-electron chi connectivity index (χ4n) is 3.61. The van der Waals surface area contributed by atoms with Crippen molar-refractivity contribution in [2.45, 2.75) is 12.5 Å². The number of nitrogens with zero attached hydrogens (tertiary/aromatic N) is 1. The number of hydrogen-bond donors (Lipinski definition) is 1. The summed E-state index contributed by atoms with van der Waals surface area (Å²) in [7, 11) is 4.63. The molecule has 0 aromatic heterocycles. The summed E-state index contributed by atoms with van der Waals surface area (Å²) in [6, 6.07) is 13.2. The van der Waals surface area contributed by atoms with Gasteiger partial charge in [-0.3, -0.25) is 9.59 Å². The Balaban J connectivity index is 2.15. The third kappa shape index (κ3) is 4.02. The molecule has 7 nitrogen and oxygen atoms in total. The van der Waals surface area contributed by atoms with Gasteiger partial charge in [0.1, 0.15) is 5.76 Å². The van der Waals surface area contributed by atoms with E-state index in [2.05, 4.69) is 0 Å². The predicted molar refractivity (Wildman–Crippen MR) is 111 cm³/mol. The minimum absolute atomic E-state index is 0.0517. The van der Waals surface area contributed by atoms with E-state index in [1.54, 1.807) is 49.6 Å². The van der Waals surface area contributed by atoms with E-state index in [0.29, 0.717) is 42.2 Å². The minimum Gasteiger partial charge on any atom is -0.507 e. The molecule has 0 spiro atoms. The first-order valence-electron chi connectivity index (χ1n) is 9.58. The molecule has 1 heterocycles. The van der Waals surface area contributed by atoms with E-state index in [9.17, 15) is 14.7 Å². The number of aliphatic hydroxyl groups is 1. The zero-order valence-corrected chi connectivity index (χ0v) is 17.3. The van der Waals surface area contributed by atoms with E-state index in [0.717, 1.165) is 0 Å². The van der Waals surface area contributed by atoms with E-state index in [-0.39, 0.29) is 11.3 Å². The Morgan fingerprint density at radius 1 is 1.00 bits per heavy atom. The molecular weight excluding hydrogens is 386 g/mol. The van der Waals surface area contributed by atoms with Crippen LogP contribution in [0.5, 0.6) is 11.5 Å². The first kappa shape index (κ1) is 21.4. The summed E-state index contributed by atoms with van der Waals surface area (Å²) in [5.74, 6) is -0.572. The fraction of sp³-hybridized carbons (Fsp3) is 0.304. The van der Waals surface area contributed by atoms with Crippen LogP contribution >= 0.6 is 0 Å². The van der Waals surface area contributed by atoms with Crippen molar-refractivity contribution in [2.24, 2.45) is 0 Å². The van der Waals surface area contributed by atoms with Gasteiger partial charge in [0.15, 0.2) is 11.5 Å². The summed E-state index contributed by atoms with van der Waals surface area (Å²) in [6.07, 6.45) is 0.554. The summed E-state index contributed by atoms with van der Waals surface area (Å²) in [4.78, 5) is 27.2. The molecule has 1 unspecified atom stereocenters. The van der Waals surface area contributed by atoms with Gasteiger partial charge in [0.2, 0.25) is 0 Å². The number of likely N-dealkylation sites (tertiary alicyclic amines) is 1. The number of carbonyl (C=O) groups excluding carboxylic acids is 2. The third-order valence-electron chi connectivity index (χ3n) is 5.06. The highest BCUT2D eigenvalue weighted by Crippen LogP contribution is 2.41. The Morgan fingerprint density at radius 2 is 1.70 bits per heavy atom. The van der Waals surface area contributed by atoms with Crippen molar-refractivity contribution in [1.29, 1.82) is 0 Å². The lowest BCUT2D eigenvalue weighted by Crippen LogP contribution is -2.31. The highest BCUT2D eigenvalue weighted by atomic mass is 16.5. The van der Waals surface area contributed by atoms with Crippen LogP contribution in [0.2, 0.25) is 0 Å². The van der Waals surface area contributed by atoms with Gasteiger partial charge in [0.05, 0.1) is 25.8 Å². The lowest BCUT2D eigenvalue weighted by molar-refractivity contribution is -0.140. The molecule has 3 rings (SSSR count). The molecule has 30 heavy (non-hydrogen) atoms. The quantitative estimate of drug-likeness (QED) is 0.311. The standard InChI is InChI=1S/C23H25NO6/c1-28-13-7-12-24-20(16-10-11-17(29-2)18(14-16)30-3)19(22(26)23(24)27)21(25)15-8-5-4-6-9-15/h4-6,8-11,14,20,25H,7,12-13H2,1-3H3/b21-19+. The molecule has 2 aromatic rings. The Hall–Kier alpha value is -3.32. The molecule has 0 saturated carbocycles. The zero-order chi connectivity index (χ0) is 21.7. The first-order valence-corrected chi connectivity index (χ1v) is 9.58. The van der Waals surface area contributed by atoms with Crippen LogP contribution in [-0.2, 0) is 14.3 Å². The molecule has 0 radical (unpaired) electrons. The second-order valence-corrected chi connectivity index (χ2v) is 6.82. The van der Waals surface area contributed by atoms with Gasteiger partial charge < -0.3 is 24.2 Å². The van der Waals surface area contributed by atoms with Crippen molar-refractivity contribution in [3.05, 3.63) is 65.2 Å². The maximum absolute atomic E-state index is 12.9. The monoisotopic (exact) mass is 411 g/mol. The highest BCUT2D eigenvalue weighted by molar-refractivity contribution is 6.46. The van der Waals surface area contributed by atoms with Gasteiger partial charge in [-0.2, -0.15) is 0 Å². The van der Waals surface area contributed by atoms with E-state index in [1.165, 1.54) is 19.1 Å². The number of Topliss-reactive ketones (excluding diaryl/α,β-unsaturated/α-hetero) is 1. The number of rotatable bonds is 8. The number of amides is 1. The van der Waals surface area contributed by atoms with Crippen molar-refractivity contribution < 1.29 is 28.9 Å². The maximum atomic E-state index is 12.9. The largest absolute Gasteiger partial charge is 0.507 e. The van der Waals surface area contributed by atoms with Crippen LogP contribution in [-0.4, -0.2) is 56.2 Å². The second-order valence-electron chi connectivity index (χ2n) is 6.82.